The van der Waals surface area contributed by atoms with E-state index in [1.54, 1.807) is 0 Å². The maximum Gasteiger partial charge on any atom is 0.0965 e. The van der Waals surface area contributed by atoms with Crippen LogP contribution in [0.5, 0.6) is 0 Å². The molecule has 5 nitrogen and oxygen atoms in total. The zero-order chi connectivity index (χ0) is 12.9. The standard InChI is InChI=1S/C12H25N5/c1-12(2,3)17-10-11(14-15-17)9-13-7-6-8-16(4)5/h10,13H,6-9H2,1-5H3. The normalized spacial score (nSPS) is 12.4. The van der Waals surface area contributed by atoms with Gasteiger partial charge in [0.25, 0.3) is 0 Å². The molecule has 1 aromatic heterocycles. The highest BCUT2D eigenvalue weighted by Crippen LogP contribution is 2.11. The van der Waals surface area contributed by atoms with Gasteiger partial charge in [0, 0.05) is 6.54 Å². The summed E-state index contributed by atoms with van der Waals surface area (Å²) in [5.41, 5.74) is 1.01. The Bertz CT molecular complexity index is 324. The monoisotopic (exact) mass is 239 g/mol. The van der Waals surface area contributed by atoms with Crippen molar-refractivity contribution in [2.24, 2.45) is 0 Å². The quantitative estimate of drug-likeness (QED) is 0.754. The van der Waals surface area contributed by atoms with Crippen LogP contribution >= 0.6 is 0 Å². The van der Waals surface area contributed by atoms with Crippen molar-refractivity contribution in [1.82, 2.24) is 25.2 Å². The van der Waals surface area contributed by atoms with E-state index in [2.05, 4.69) is 55.4 Å². The van der Waals surface area contributed by atoms with Gasteiger partial charge in [-0.05, 0) is 54.4 Å². The molecule has 0 atom stereocenters. The summed E-state index contributed by atoms with van der Waals surface area (Å²) in [6, 6.07) is 0. The molecule has 0 aromatic carbocycles. The molecule has 1 aromatic rings. The third-order valence-electron chi connectivity index (χ3n) is 2.49. The lowest BCUT2D eigenvalue weighted by Crippen LogP contribution is -2.22. The first-order valence-corrected chi connectivity index (χ1v) is 6.17. The lowest BCUT2D eigenvalue weighted by molar-refractivity contribution is 0.347. The second kappa shape index (κ2) is 6.12. The van der Waals surface area contributed by atoms with Crippen molar-refractivity contribution < 1.29 is 0 Å². The summed E-state index contributed by atoms with van der Waals surface area (Å²) >= 11 is 0. The minimum atomic E-state index is 0.0101. The van der Waals surface area contributed by atoms with Gasteiger partial charge in [0.05, 0.1) is 17.4 Å². The molecular formula is C12H25N5. The molecule has 0 radical (unpaired) electrons. The molecule has 1 N–H and O–H groups in total. The first-order chi connectivity index (χ1) is 7.89. The van der Waals surface area contributed by atoms with E-state index in [1.165, 1.54) is 0 Å². The summed E-state index contributed by atoms with van der Waals surface area (Å²) in [7, 11) is 4.18. The van der Waals surface area contributed by atoms with Gasteiger partial charge in [0.2, 0.25) is 0 Å². The van der Waals surface area contributed by atoms with Crippen molar-refractivity contribution in [2.75, 3.05) is 27.2 Å². The second-order valence-corrected chi connectivity index (χ2v) is 5.66. The van der Waals surface area contributed by atoms with E-state index in [9.17, 15) is 0 Å². The van der Waals surface area contributed by atoms with Crippen molar-refractivity contribution in [1.29, 1.82) is 0 Å². The SMILES string of the molecule is CN(C)CCCNCc1cn(C(C)(C)C)nn1. The lowest BCUT2D eigenvalue weighted by Gasteiger charge is -2.17. The van der Waals surface area contributed by atoms with Gasteiger partial charge in [0.15, 0.2) is 0 Å². The predicted octanol–water partition coefficient (Wildman–Crippen LogP) is 1.07. The molecule has 0 fully saturated rings. The minimum Gasteiger partial charge on any atom is -0.311 e. The largest absolute Gasteiger partial charge is 0.311 e. The zero-order valence-electron chi connectivity index (χ0n) is 11.7. The Hall–Kier alpha value is -0.940. The molecular weight excluding hydrogens is 214 g/mol. The van der Waals surface area contributed by atoms with E-state index in [1.807, 2.05) is 10.9 Å². The van der Waals surface area contributed by atoms with Crippen molar-refractivity contribution in [3.05, 3.63) is 11.9 Å². The Kier molecular flexibility index (Phi) is 5.08. The fourth-order valence-electron chi connectivity index (χ4n) is 1.44. The van der Waals surface area contributed by atoms with Crippen LogP contribution in [-0.2, 0) is 12.1 Å². The van der Waals surface area contributed by atoms with Crippen LogP contribution in [-0.4, -0.2) is 47.1 Å². The van der Waals surface area contributed by atoms with Gasteiger partial charge in [0.1, 0.15) is 0 Å². The van der Waals surface area contributed by atoms with Crippen LogP contribution in [0.3, 0.4) is 0 Å². The van der Waals surface area contributed by atoms with Crippen molar-refractivity contribution >= 4 is 0 Å². The Morgan fingerprint density at radius 1 is 1.35 bits per heavy atom. The number of aromatic nitrogens is 3. The topological polar surface area (TPSA) is 46.0 Å². The Balaban J connectivity index is 2.26. The van der Waals surface area contributed by atoms with Crippen LogP contribution < -0.4 is 5.32 Å². The highest BCUT2D eigenvalue weighted by Gasteiger charge is 2.14. The van der Waals surface area contributed by atoms with Crippen molar-refractivity contribution in [3.63, 3.8) is 0 Å². The molecule has 0 aliphatic carbocycles. The third kappa shape index (κ3) is 5.28. The highest BCUT2D eigenvalue weighted by molar-refractivity contribution is 4.93. The Morgan fingerprint density at radius 2 is 2.06 bits per heavy atom. The second-order valence-electron chi connectivity index (χ2n) is 5.66. The van der Waals surface area contributed by atoms with Gasteiger partial charge in [-0.15, -0.1) is 5.10 Å². The lowest BCUT2D eigenvalue weighted by atomic mass is 10.1. The summed E-state index contributed by atoms with van der Waals surface area (Å²) < 4.78 is 1.91. The van der Waals surface area contributed by atoms with E-state index in [0.717, 1.165) is 31.7 Å². The molecule has 0 aliphatic rings. The van der Waals surface area contributed by atoms with Gasteiger partial charge in [-0.2, -0.15) is 0 Å². The number of nitrogens with zero attached hydrogens (tertiary/aromatic N) is 4. The summed E-state index contributed by atoms with van der Waals surface area (Å²) in [5.74, 6) is 0. The van der Waals surface area contributed by atoms with Gasteiger partial charge < -0.3 is 10.2 Å². The molecule has 1 heterocycles. The van der Waals surface area contributed by atoms with E-state index in [-0.39, 0.29) is 5.54 Å². The zero-order valence-corrected chi connectivity index (χ0v) is 11.7. The van der Waals surface area contributed by atoms with Crippen LogP contribution in [0, 0.1) is 0 Å². The molecule has 0 spiro atoms. The highest BCUT2D eigenvalue weighted by atomic mass is 15.4. The number of hydrogen-bond acceptors (Lipinski definition) is 4. The molecule has 98 valence electrons. The molecule has 0 amide bonds. The maximum atomic E-state index is 4.16. The molecule has 0 saturated heterocycles. The average molecular weight is 239 g/mol. The molecule has 5 heteroatoms. The Labute approximate surface area is 104 Å². The van der Waals surface area contributed by atoms with Crippen molar-refractivity contribution in [2.45, 2.75) is 39.3 Å². The van der Waals surface area contributed by atoms with Gasteiger partial charge in [-0.25, -0.2) is 4.68 Å². The van der Waals surface area contributed by atoms with E-state index in [0.29, 0.717) is 0 Å². The van der Waals surface area contributed by atoms with Gasteiger partial charge in [-0.1, -0.05) is 5.21 Å². The van der Waals surface area contributed by atoms with Crippen LogP contribution in [0.1, 0.15) is 32.9 Å². The number of rotatable bonds is 6. The van der Waals surface area contributed by atoms with Crippen LogP contribution in [0.2, 0.25) is 0 Å². The maximum absolute atomic E-state index is 4.16. The molecule has 0 saturated carbocycles. The van der Waals surface area contributed by atoms with Crippen LogP contribution in [0.25, 0.3) is 0 Å². The predicted molar refractivity (Wildman–Crippen MR) is 69.9 cm³/mol. The summed E-state index contributed by atoms with van der Waals surface area (Å²) in [6.45, 7) is 9.29. The average Bonchev–Trinajstić information content (AvgIpc) is 2.64. The Morgan fingerprint density at radius 3 is 2.59 bits per heavy atom. The number of hydrogen-bond donors (Lipinski definition) is 1. The fourth-order valence-corrected chi connectivity index (χ4v) is 1.44. The molecule has 0 aliphatic heterocycles. The third-order valence-corrected chi connectivity index (χ3v) is 2.49. The summed E-state index contributed by atoms with van der Waals surface area (Å²) in [5, 5.41) is 11.7. The van der Waals surface area contributed by atoms with Crippen molar-refractivity contribution in [3.8, 4) is 0 Å². The smallest absolute Gasteiger partial charge is 0.0965 e. The molecule has 0 bridgehead atoms. The van der Waals surface area contributed by atoms with Gasteiger partial charge >= 0.3 is 0 Å². The van der Waals surface area contributed by atoms with E-state index >= 15 is 0 Å². The minimum absolute atomic E-state index is 0.0101. The first-order valence-electron chi connectivity index (χ1n) is 6.17. The molecule has 0 unspecified atom stereocenters. The van der Waals surface area contributed by atoms with Crippen LogP contribution in [0.4, 0.5) is 0 Å². The molecule has 17 heavy (non-hydrogen) atoms. The first kappa shape index (κ1) is 14.1. The number of nitrogens with one attached hydrogen (secondary N) is 1. The van der Waals surface area contributed by atoms with Gasteiger partial charge in [-0.3, -0.25) is 0 Å². The summed E-state index contributed by atoms with van der Waals surface area (Å²) in [4.78, 5) is 2.19. The van der Waals surface area contributed by atoms with E-state index < -0.39 is 0 Å². The summed E-state index contributed by atoms with van der Waals surface area (Å²) in [6.07, 6.45) is 3.17. The molecule has 1 rings (SSSR count). The van der Waals surface area contributed by atoms with Crippen LogP contribution in [0.15, 0.2) is 6.20 Å². The van der Waals surface area contributed by atoms with E-state index in [4.69, 9.17) is 0 Å². The fraction of sp³-hybridized carbons (Fsp3) is 0.833.